The molecule has 2 rings (SSSR count). The Morgan fingerprint density at radius 2 is 1.79 bits per heavy atom. The summed E-state index contributed by atoms with van der Waals surface area (Å²) >= 11 is 8.52. The predicted octanol–water partition coefficient (Wildman–Crippen LogP) is 5.67. The van der Waals surface area contributed by atoms with Gasteiger partial charge in [0.1, 0.15) is 0 Å². The Bertz CT molecular complexity index is 546. The van der Waals surface area contributed by atoms with Gasteiger partial charge in [0.2, 0.25) is 0 Å². The molecule has 1 aromatic heterocycles. The van der Waals surface area contributed by atoms with Crippen molar-refractivity contribution in [3.05, 3.63) is 54.6 Å². The maximum Gasteiger partial charge on any atom is 0.0849 e. The highest BCUT2D eigenvalue weighted by molar-refractivity contribution is 9.12. The van der Waals surface area contributed by atoms with Gasteiger partial charge in [-0.1, -0.05) is 38.1 Å². The predicted molar refractivity (Wildman–Crippen MR) is 88.9 cm³/mol. The van der Waals surface area contributed by atoms with Crippen LogP contribution in [0.25, 0.3) is 0 Å². The molecule has 1 atom stereocenters. The average molecular weight is 404 g/mol. The summed E-state index contributed by atoms with van der Waals surface area (Å²) in [5, 5.41) is 10.3. The van der Waals surface area contributed by atoms with Crippen LogP contribution >= 0.6 is 43.2 Å². The Balaban J connectivity index is 2.10. The third-order valence-electron chi connectivity index (χ3n) is 3.12. The van der Waals surface area contributed by atoms with Crippen LogP contribution in [0.2, 0.25) is 0 Å². The number of hydrogen-bond donors (Lipinski definition) is 1. The number of halogens is 2. The first-order valence-electron chi connectivity index (χ1n) is 6.19. The van der Waals surface area contributed by atoms with Gasteiger partial charge in [0.15, 0.2) is 0 Å². The van der Waals surface area contributed by atoms with E-state index in [1.54, 1.807) is 11.3 Å². The van der Waals surface area contributed by atoms with E-state index in [0.29, 0.717) is 12.3 Å². The highest BCUT2D eigenvalue weighted by Gasteiger charge is 2.15. The highest BCUT2D eigenvalue weighted by Crippen LogP contribution is 2.36. The summed E-state index contributed by atoms with van der Waals surface area (Å²) in [6, 6.07) is 10.5. The molecule has 0 aliphatic rings. The molecule has 1 heterocycles. The number of hydrogen-bond acceptors (Lipinski definition) is 2. The van der Waals surface area contributed by atoms with Crippen molar-refractivity contribution in [3.8, 4) is 0 Å². The van der Waals surface area contributed by atoms with Gasteiger partial charge in [0.05, 0.1) is 13.7 Å². The minimum absolute atomic E-state index is 0.471. The molecule has 0 aliphatic carbocycles. The quantitative estimate of drug-likeness (QED) is 0.696. The van der Waals surface area contributed by atoms with Gasteiger partial charge in [0.25, 0.3) is 0 Å². The maximum atomic E-state index is 10.3. The Hall–Kier alpha value is -0.160. The van der Waals surface area contributed by atoms with E-state index < -0.39 is 6.10 Å². The van der Waals surface area contributed by atoms with Crippen LogP contribution < -0.4 is 0 Å². The molecular formula is C15H16Br2OS. The molecule has 0 spiro atoms. The Labute approximate surface area is 134 Å². The number of thiophene rings is 1. The van der Waals surface area contributed by atoms with Crippen molar-refractivity contribution in [1.29, 1.82) is 0 Å². The lowest BCUT2D eigenvalue weighted by molar-refractivity contribution is 0.178. The van der Waals surface area contributed by atoms with Crippen LogP contribution in [0, 0.1) is 0 Å². The van der Waals surface area contributed by atoms with E-state index in [1.165, 1.54) is 5.56 Å². The van der Waals surface area contributed by atoms with Crippen LogP contribution in [0.3, 0.4) is 0 Å². The Morgan fingerprint density at radius 1 is 1.16 bits per heavy atom. The van der Waals surface area contributed by atoms with Crippen molar-refractivity contribution in [2.24, 2.45) is 0 Å². The van der Waals surface area contributed by atoms with Crippen LogP contribution in [0.15, 0.2) is 37.9 Å². The molecule has 1 aromatic carbocycles. The van der Waals surface area contributed by atoms with Gasteiger partial charge in [-0.15, -0.1) is 11.3 Å². The van der Waals surface area contributed by atoms with Crippen molar-refractivity contribution >= 4 is 43.2 Å². The first-order valence-corrected chi connectivity index (χ1v) is 8.59. The summed E-state index contributed by atoms with van der Waals surface area (Å²) < 4.78 is 2.02. The van der Waals surface area contributed by atoms with E-state index in [4.69, 9.17) is 0 Å². The molecule has 0 fully saturated rings. The SMILES string of the molecule is CC(C)c1ccc(CC(O)c2cc(Br)sc2Br)cc1. The molecule has 102 valence electrons. The smallest absolute Gasteiger partial charge is 0.0849 e. The molecule has 0 aliphatic heterocycles. The van der Waals surface area contributed by atoms with Gasteiger partial charge < -0.3 is 5.11 Å². The molecule has 0 radical (unpaired) electrons. The zero-order chi connectivity index (χ0) is 14.0. The molecule has 2 aromatic rings. The molecule has 1 nitrogen and oxygen atoms in total. The second kappa shape index (κ2) is 6.53. The molecule has 4 heteroatoms. The Kier molecular flexibility index (Phi) is 5.23. The lowest BCUT2D eigenvalue weighted by atomic mass is 9.98. The van der Waals surface area contributed by atoms with Crippen LogP contribution in [0.4, 0.5) is 0 Å². The number of aliphatic hydroxyl groups is 1. The van der Waals surface area contributed by atoms with Gasteiger partial charge in [-0.05, 0) is 55.0 Å². The van der Waals surface area contributed by atoms with E-state index in [2.05, 4.69) is 70.0 Å². The van der Waals surface area contributed by atoms with Crippen LogP contribution in [0.5, 0.6) is 0 Å². The maximum absolute atomic E-state index is 10.3. The van der Waals surface area contributed by atoms with Gasteiger partial charge >= 0.3 is 0 Å². The van der Waals surface area contributed by atoms with E-state index in [0.717, 1.165) is 18.7 Å². The molecule has 19 heavy (non-hydrogen) atoms. The molecule has 1 N–H and O–H groups in total. The van der Waals surface area contributed by atoms with E-state index in [1.807, 2.05) is 6.07 Å². The molecule has 0 bridgehead atoms. The highest BCUT2D eigenvalue weighted by atomic mass is 79.9. The fraction of sp³-hybridized carbons (Fsp3) is 0.333. The fourth-order valence-corrected chi connectivity index (χ4v) is 4.91. The van der Waals surface area contributed by atoms with Crippen LogP contribution in [0.1, 0.15) is 42.6 Å². The van der Waals surface area contributed by atoms with Crippen LogP contribution in [-0.2, 0) is 6.42 Å². The minimum Gasteiger partial charge on any atom is -0.388 e. The lowest BCUT2D eigenvalue weighted by Crippen LogP contribution is -2.01. The molecule has 0 amide bonds. The monoisotopic (exact) mass is 402 g/mol. The second-order valence-corrected chi connectivity index (χ2v) is 8.65. The summed E-state index contributed by atoms with van der Waals surface area (Å²) in [6.07, 6.45) is 0.169. The van der Waals surface area contributed by atoms with E-state index >= 15 is 0 Å². The minimum atomic E-state index is -0.471. The normalized spacial score (nSPS) is 12.9. The van der Waals surface area contributed by atoms with Crippen molar-refractivity contribution in [1.82, 2.24) is 0 Å². The van der Waals surface area contributed by atoms with Crippen molar-refractivity contribution in [2.75, 3.05) is 0 Å². The number of aliphatic hydroxyl groups excluding tert-OH is 1. The Morgan fingerprint density at radius 3 is 2.26 bits per heavy atom. The third kappa shape index (κ3) is 3.91. The fourth-order valence-electron chi connectivity index (χ4n) is 1.95. The number of rotatable bonds is 4. The van der Waals surface area contributed by atoms with Gasteiger partial charge in [-0.2, -0.15) is 0 Å². The topological polar surface area (TPSA) is 20.2 Å². The molecule has 0 saturated heterocycles. The van der Waals surface area contributed by atoms with Gasteiger partial charge in [0, 0.05) is 12.0 Å². The molecule has 1 unspecified atom stereocenters. The van der Waals surface area contributed by atoms with E-state index in [-0.39, 0.29) is 0 Å². The standard InChI is InChI=1S/C15H16Br2OS/c1-9(2)11-5-3-10(4-6-11)7-13(18)12-8-14(16)19-15(12)17/h3-6,8-9,13,18H,7H2,1-2H3. The van der Waals surface area contributed by atoms with Crippen molar-refractivity contribution in [3.63, 3.8) is 0 Å². The molecular weight excluding hydrogens is 388 g/mol. The zero-order valence-electron chi connectivity index (χ0n) is 10.9. The third-order valence-corrected chi connectivity index (χ3v) is 5.50. The van der Waals surface area contributed by atoms with Crippen molar-refractivity contribution in [2.45, 2.75) is 32.3 Å². The lowest BCUT2D eigenvalue weighted by Gasteiger charge is -2.11. The zero-order valence-corrected chi connectivity index (χ0v) is 14.8. The summed E-state index contributed by atoms with van der Waals surface area (Å²) in [5.41, 5.74) is 3.44. The summed E-state index contributed by atoms with van der Waals surface area (Å²) in [4.78, 5) is 0. The second-order valence-electron chi connectivity index (χ2n) is 4.90. The van der Waals surface area contributed by atoms with Gasteiger partial charge in [-0.25, -0.2) is 0 Å². The summed E-state index contributed by atoms with van der Waals surface area (Å²) in [5.74, 6) is 0.543. The first-order chi connectivity index (χ1) is 8.97. The number of benzene rings is 1. The summed E-state index contributed by atoms with van der Waals surface area (Å²) in [7, 11) is 0. The first kappa shape index (κ1) is 15.2. The largest absolute Gasteiger partial charge is 0.388 e. The van der Waals surface area contributed by atoms with Crippen LogP contribution in [-0.4, -0.2) is 5.11 Å². The van der Waals surface area contributed by atoms with E-state index in [9.17, 15) is 5.11 Å². The average Bonchev–Trinajstić information content (AvgIpc) is 2.69. The molecule has 0 saturated carbocycles. The summed E-state index contributed by atoms with van der Waals surface area (Å²) in [6.45, 7) is 4.37. The van der Waals surface area contributed by atoms with Crippen molar-refractivity contribution < 1.29 is 5.11 Å². The van der Waals surface area contributed by atoms with Gasteiger partial charge in [-0.3, -0.25) is 0 Å².